The summed E-state index contributed by atoms with van der Waals surface area (Å²) in [7, 11) is 3.52. The molecule has 1 heterocycles. The topological polar surface area (TPSA) is 48.9 Å². The number of ether oxygens (including phenoxy) is 1. The highest BCUT2D eigenvalue weighted by molar-refractivity contribution is 5.79. The lowest BCUT2D eigenvalue weighted by Crippen LogP contribution is -2.50. The van der Waals surface area contributed by atoms with Crippen molar-refractivity contribution < 1.29 is 4.74 Å². The lowest BCUT2D eigenvalue weighted by Gasteiger charge is -2.35. The van der Waals surface area contributed by atoms with E-state index in [9.17, 15) is 0 Å². The second-order valence-electron chi connectivity index (χ2n) is 6.05. The van der Waals surface area contributed by atoms with Gasteiger partial charge in [-0.1, -0.05) is 6.92 Å². The fourth-order valence-electron chi connectivity index (χ4n) is 2.72. The van der Waals surface area contributed by atoms with Crippen molar-refractivity contribution >= 4 is 5.96 Å². The Morgan fingerprint density at radius 1 is 1.45 bits per heavy atom. The molecule has 0 saturated carbocycles. The van der Waals surface area contributed by atoms with Crippen molar-refractivity contribution in [2.75, 3.05) is 40.4 Å². The summed E-state index contributed by atoms with van der Waals surface area (Å²) in [5.41, 5.74) is 0. The molecule has 0 spiro atoms. The van der Waals surface area contributed by atoms with Gasteiger partial charge in [-0.05, 0) is 39.2 Å². The van der Waals surface area contributed by atoms with Crippen LogP contribution in [-0.4, -0.2) is 63.3 Å². The molecule has 1 aliphatic heterocycles. The van der Waals surface area contributed by atoms with E-state index in [-0.39, 0.29) is 6.04 Å². The minimum Gasteiger partial charge on any atom is -0.383 e. The highest BCUT2D eigenvalue weighted by atomic mass is 16.5. The Kier molecular flexibility index (Phi) is 7.92. The van der Waals surface area contributed by atoms with Crippen LogP contribution in [-0.2, 0) is 4.74 Å². The van der Waals surface area contributed by atoms with Crippen LogP contribution in [0.1, 0.15) is 33.6 Å². The van der Waals surface area contributed by atoms with Gasteiger partial charge in [0.25, 0.3) is 0 Å². The predicted molar refractivity (Wildman–Crippen MR) is 85.3 cm³/mol. The zero-order valence-corrected chi connectivity index (χ0v) is 13.8. The first-order chi connectivity index (χ1) is 9.56. The molecule has 118 valence electrons. The van der Waals surface area contributed by atoms with E-state index in [2.05, 4.69) is 41.3 Å². The molecule has 3 unspecified atom stereocenters. The van der Waals surface area contributed by atoms with E-state index in [4.69, 9.17) is 4.74 Å². The molecule has 5 heteroatoms. The van der Waals surface area contributed by atoms with Crippen molar-refractivity contribution in [1.82, 2.24) is 15.5 Å². The smallest absolute Gasteiger partial charge is 0.191 e. The molecule has 1 aliphatic rings. The summed E-state index contributed by atoms with van der Waals surface area (Å²) < 4.78 is 5.13. The number of likely N-dealkylation sites (tertiary alicyclic amines) is 1. The van der Waals surface area contributed by atoms with Crippen LogP contribution < -0.4 is 10.6 Å². The third-order valence-corrected chi connectivity index (χ3v) is 3.90. The van der Waals surface area contributed by atoms with Crippen LogP contribution >= 0.6 is 0 Å². The third kappa shape index (κ3) is 6.09. The standard InChI is InChI=1S/C15H32N4O/c1-12-7-6-8-19(10-12)14(3)9-17-15(16-4)18-13(2)11-20-5/h12-14H,6-11H2,1-5H3,(H2,16,17,18). The van der Waals surface area contributed by atoms with E-state index in [1.807, 2.05) is 7.05 Å². The first-order valence-electron chi connectivity index (χ1n) is 7.77. The van der Waals surface area contributed by atoms with Crippen LogP contribution in [0.15, 0.2) is 4.99 Å². The Bertz CT molecular complexity index is 296. The quantitative estimate of drug-likeness (QED) is 0.570. The molecule has 0 aromatic rings. The van der Waals surface area contributed by atoms with Crippen molar-refractivity contribution in [3.63, 3.8) is 0 Å². The third-order valence-electron chi connectivity index (χ3n) is 3.90. The van der Waals surface area contributed by atoms with Crippen LogP contribution in [0.3, 0.4) is 0 Å². The molecular weight excluding hydrogens is 252 g/mol. The Balaban J connectivity index is 2.32. The summed E-state index contributed by atoms with van der Waals surface area (Å²) >= 11 is 0. The number of rotatable bonds is 6. The molecule has 0 bridgehead atoms. The molecule has 1 saturated heterocycles. The first kappa shape index (κ1) is 17.2. The van der Waals surface area contributed by atoms with Gasteiger partial charge in [0.05, 0.1) is 6.61 Å². The number of aliphatic imine (C=N–C) groups is 1. The molecule has 1 fully saturated rings. The second-order valence-corrected chi connectivity index (χ2v) is 6.05. The monoisotopic (exact) mass is 284 g/mol. The van der Waals surface area contributed by atoms with E-state index >= 15 is 0 Å². The molecule has 2 N–H and O–H groups in total. The average molecular weight is 284 g/mol. The first-order valence-corrected chi connectivity index (χ1v) is 7.77. The molecular formula is C15H32N4O. The van der Waals surface area contributed by atoms with Gasteiger partial charge in [-0.3, -0.25) is 9.89 Å². The van der Waals surface area contributed by atoms with Gasteiger partial charge in [-0.15, -0.1) is 0 Å². The summed E-state index contributed by atoms with van der Waals surface area (Å²) in [5.74, 6) is 1.68. The van der Waals surface area contributed by atoms with E-state index in [0.29, 0.717) is 12.6 Å². The molecule has 20 heavy (non-hydrogen) atoms. The Labute approximate surface area is 124 Å². The Morgan fingerprint density at radius 3 is 2.80 bits per heavy atom. The number of nitrogens with one attached hydrogen (secondary N) is 2. The van der Waals surface area contributed by atoms with Crippen LogP contribution in [0.2, 0.25) is 0 Å². The second kappa shape index (κ2) is 9.19. The largest absolute Gasteiger partial charge is 0.383 e. The highest BCUT2D eigenvalue weighted by Crippen LogP contribution is 2.17. The van der Waals surface area contributed by atoms with E-state index in [0.717, 1.165) is 18.4 Å². The lowest BCUT2D eigenvalue weighted by atomic mass is 9.99. The number of piperidine rings is 1. The van der Waals surface area contributed by atoms with E-state index < -0.39 is 0 Å². The van der Waals surface area contributed by atoms with Gasteiger partial charge in [-0.2, -0.15) is 0 Å². The van der Waals surface area contributed by atoms with Crippen molar-refractivity contribution in [2.45, 2.75) is 45.7 Å². The summed E-state index contributed by atoms with van der Waals surface area (Å²) in [4.78, 5) is 6.84. The maximum Gasteiger partial charge on any atom is 0.191 e. The van der Waals surface area contributed by atoms with E-state index in [1.54, 1.807) is 7.11 Å². The Morgan fingerprint density at radius 2 is 2.20 bits per heavy atom. The van der Waals surface area contributed by atoms with Crippen LogP contribution in [0.5, 0.6) is 0 Å². The SMILES string of the molecule is CN=C(NCC(C)N1CCCC(C)C1)NC(C)COC. The van der Waals surface area contributed by atoms with Crippen molar-refractivity contribution in [2.24, 2.45) is 10.9 Å². The van der Waals surface area contributed by atoms with Gasteiger partial charge in [0.1, 0.15) is 0 Å². The zero-order valence-electron chi connectivity index (χ0n) is 13.8. The van der Waals surface area contributed by atoms with E-state index in [1.165, 1.54) is 25.9 Å². The van der Waals surface area contributed by atoms with Gasteiger partial charge >= 0.3 is 0 Å². The maximum absolute atomic E-state index is 5.13. The molecule has 0 aromatic carbocycles. The van der Waals surface area contributed by atoms with Gasteiger partial charge in [0, 0.05) is 39.3 Å². The normalized spacial score (nSPS) is 24.2. The van der Waals surface area contributed by atoms with Gasteiger partial charge in [-0.25, -0.2) is 0 Å². The number of hydrogen-bond donors (Lipinski definition) is 2. The summed E-state index contributed by atoms with van der Waals surface area (Å²) in [5, 5.41) is 6.74. The number of guanidine groups is 1. The summed E-state index contributed by atoms with van der Waals surface area (Å²) in [6.45, 7) is 10.8. The fourth-order valence-corrected chi connectivity index (χ4v) is 2.72. The number of methoxy groups -OCH3 is 1. The Hall–Kier alpha value is -0.810. The molecule has 0 aromatic heterocycles. The highest BCUT2D eigenvalue weighted by Gasteiger charge is 2.20. The minimum atomic E-state index is 0.261. The fraction of sp³-hybridized carbons (Fsp3) is 0.933. The molecule has 0 radical (unpaired) electrons. The van der Waals surface area contributed by atoms with Crippen LogP contribution in [0.4, 0.5) is 0 Å². The number of hydrogen-bond acceptors (Lipinski definition) is 3. The number of nitrogens with zero attached hydrogens (tertiary/aromatic N) is 2. The molecule has 1 rings (SSSR count). The molecule has 0 amide bonds. The van der Waals surface area contributed by atoms with Crippen molar-refractivity contribution in [3.05, 3.63) is 0 Å². The van der Waals surface area contributed by atoms with Crippen molar-refractivity contribution in [1.29, 1.82) is 0 Å². The van der Waals surface area contributed by atoms with Crippen molar-refractivity contribution in [3.8, 4) is 0 Å². The molecule has 3 atom stereocenters. The summed E-state index contributed by atoms with van der Waals surface area (Å²) in [6.07, 6.45) is 2.69. The molecule has 0 aliphatic carbocycles. The van der Waals surface area contributed by atoms with Gasteiger partial charge < -0.3 is 15.4 Å². The lowest BCUT2D eigenvalue weighted by molar-refractivity contribution is 0.139. The van der Waals surface area contributed by atoms with Crippen LogP contribution in [0.25, 0.3) is 0 Å². The summed E-state index contributed by atoms with van der Waals surface area (Å²) in [6, 6.07) is 0.797. The van der Waals surface area contributed by atoms with Gasteiger partial charge in [0.2, 0.25) is 0 Å². The average Bonchev–Trinajstić information content (AvgIpc) is 2.43. The zero-order chi connectivity index (χ0) is 15.0. The van der Waals surface area contributed by atoms with Gasteiger partial charge in [0.15, 0.2) is 5.96 Å². The minimum absolute atomic E-state index is 0.261. The maximum atomic E-state index is 5.13. The molecule has 5 nitrogen and oxygen atoms in total. The predicted octanol–water partition coefficient (Wildman–Crippen LogP) is 1.31. The van der Waals surface area contributed by atoms with Crippen LogP contribution in [0, 0.1) is 5.92 Å².